The summed E-state index contributed by atoms with van der Waals surface area (Å²) in [6, 6.07) is 27.1. The maximum absolute atomic E-state index is 12.5. The summed E-state index contributed by atoms with van der Waals surface area (Å²) >= 11 is 3.31. The highest BCUT2D eigenvalue weighted by Crippen LogP contribution is 2.27. The number of benzene rings is 3. The second-order valence-electron chi connectivity index (χ2n) is 6.02. The third-order valence-corrected chi connectivity index (χ3v) is 6.19. The Kier molecular flexibility index (Phi) is 6.25. The van der Waals surface area contributed by atoms with Crippen LogP contribution in [0.15, 0.2) is 94.3 Å². The van der Waals surface area contributed by atoms with Gasteiger partial charge in [-0.2, -0.15) is 0 Å². The molecule has 0 atom stereocenters. The summed E-state index contributed by atoms with van der Waals surface area (Å²) in [6.45, 7) is 0.364. The fraction of sp³-hybridized carbons (Fsp3) is 0.143. The van der Waals surface area contributed by atoms with Gasteiger partial charge < -0.3 is 0 Å². The molecule has 1 N–H and O–H groups in total. The van der Waals surface area contributed by atoms with Gasteiger partial charge in [-0.3, -0.25) is 0 Å². The molecule has 0 unspecified atom stereocenters. The molecule has 134 valence electrons. The molecule has 3 rings (SSSR count). The zero-order chi connectivity index (χ0) is 18.4. The van der Waals surface area contributed by atoms with Crippen molar-refractivity contribution in [3.05, 3.63) is 101 Å². The van der Waals surface area contributed by atoms with Crippen molar-refractivity contribution in [1.29, 1.82) is 0 Å². The van der Waals surface area contributed by atoms with E-state index >= 15 is 0 Å². The van der Waals surface area contributed by atoms with E-state index in [2.05, 4.69) is 44.9 Å². The molecule has 0 radical (unpaired) electrons. The number of hydrogen-bond donors (Lipinski definition) is 1. The van der Waals surface area contributed by atoms with Gasteiger partial charge in [0, 0.05) is 16.9 Å². The van der Waals surface area contributed by atoms with Gasteiger partial charge in [-0.25, -0.2) is 13.1 Å². The molecule has 3 nitrogen and oxygen atoms in total. The molecule has 0 aliphatic heterocycles. The lowest BCUT2D eigenvalue weighted by Crippen LogP contribution is -2.26. The molecule has 0 saturated carbocycles. The Hall–Kier alpha value is -1.95. The Bertz CT molecular complexity index is 905. The van der Waals surface area contributed by atoms with Crippen LogP contribution in [-0.4, -0.2) is 15.0 Å². The lowest BCUT2D eigenvalue weighted by atomic mass is 9.89. The molecule has 0 saturated heterocycles. The van der Waals surface area contributed by atoms with Crippen LogP contribution in [0.3, 0.4) is 0 Å². The van der Waals surface area contributed by atoms with E-state index in [-0.39, 0.29) is 10.8 Å². The van der Waals surface area contributed by atoms with Gasteiger partial charge in [0.2, 0.25) is 10.0 Å². The topological polar surface area (TPSA) is 46.2 Å². The van der Waals surface area contributed by atoms with E-state index in [9.17, 15) is 8.42 Å². The van der Waals surface area contributed by atoms with Crippen molar-refractivity contribution in [3.63, 3.8) is 0 Å². The first-order valence-corrected chi connectivity index (χ1v) is 10.7. The summed E-state index contributed by atoms with van der Waals surface area (Å²) in [5.74, 6) is 0.141. The SMILES string of the molecule is O=S(=O)(NCCC(c1ccccc1)c1ccccc1)c1cccc(Br)c1. The highest BCUT2D eigenvalue weighted by molar-refractivity contribution is 9.10. The van der Waals surface area contributed by atoms with Crippen molar-refractivity contribution < 1.29 is 8.42 Å². The molecule has 0 spiro atoms. The van der Waals surface area contributed by atoms with Crippen molar-refractivity contribution >= 4 is 26.0 Å². The maximum atomic E-state index is 12.5. The van der Waals surface area contributed by atoms with Gasteiger partial charge in [-0.15, -0.1) is 0 Å². The van der Waals surface area contributed by atoms with Gasteiger partial charge in [0.1, 0.15) is 0 Å². The minimum Gasteiger partial charge on any atom is -0.211 e. The van der Waals surface area contributed by atoms with Crippen molar-refractivity contribution in [2.45, 2.75) is 17.2 Å². The summed E-state index contributed by atoms with van der Waals surface area (Å²) in [5, 5.41) is 0. The monoisotopic (exact) mass is 429 g/mol. The molecule has 0 fully saturated rings. The van der Waals surface area contributed by atoms with Crippen LogP contribution in [0.25, 0.3) is 0 Å². The van der Waals surface area contributed by atoms with Crippen LogP contribution in [0.1, 0.15) is 23.5 Å². The fourth-order valence-electron chi connectivity index (χ4n) is 2.95. The molecule has 5 heteroatoms. The highest BCUT2D eigenvalue weighted by Gasteiger charge is 2.17. The first kappa shape index (κ1) is 18.8. The van der Waals surface area contributed by atoms with Gasteiger partial charge >= 0.3 is 0 Å². The van der Waals surface area contributed by atoms with E-state index in [0.29, 0.717) is 13.0 Å². The number of hydrogen-bond acceptors (Lipinski definition) is 2. The second kappa shape index (κ2) is 8.62. The van der Waals surface area contributed by atoms with Crippen molar-refractivity contribution in [3.8, 4) is 0 Å². The third-order valence-electron chi connectivity index (χ3n) is 4.24. The van der Waals surface area contributed by atoms with E-state index in [1.807, 2.05) is 36.4 Å². The summed E-state index contributed by atoms with van der Waals surface area (Å²) in [4.78, 5) is 0.267. The van der Waals surface area contributed by atoms with Gasteiger partial charge in [0.05, 0.1) is 4.90 Å². The number of halogens is 1. The molecule has 3 aromatic rings. The smallest absolute Gasteiger partial charge is 0.211 e. The lowest BCUT2D eigenvalue weighted by Gasteiger charge is -2.18. The average molecular weight is 430 g/mol. The van der Waals surface area contributed by atoms with Crippen LogP contribution in [0.4, 0.5) is 0 Å². The molecule has 0 aliphatic carbocycles. The molecule has 3 aromatic carbocycles. The summed E-state index contributed by atoms with van der Waals surface area (Å²) in [6.07, 6.45) is 0.682. The van der Waals surface area contributed by atoms with Crippen LogP contribution in [0.2, 0.25) is 0 Å². The Morgan fingerprint density at radius 1 is 0.808 bits per heavy atom. The van der Waals surface area contributed by atoms with E-state index in [0.717, 1.165) is 4.47 Å². The van der Waals surface area contributed by atoms with E-state index in [4.69, 9.17) is 0 Å². The minimum absolute atomic E-state index is 0.141. The van der Waals surface area contributed by atoms with Crippen molar-refractivity contribution in [1.82, 2.24) is 4.72 Å². The standard InChI is InChI=1S/C21H20BrNO2S/c22-19-12-7-13-20(16-19)26(24,25)23-15-14-21(17-8-3-1-4-9-17)18-10-5-2-6-11-18/h1-13,16,21,23H,14-15H2. The molecule has 0 aliphatic rings. The fourth-order valence-corrected chi connectivity index (χ4v) is 4.60. The third kappa shape index (κ3) is 4.81. The molecular weight excluding hydrogens is 410 g/mol. The summed E-state index contributed by atoms with van der Waals surface area (Å²) in [7, 11) is -3.52. The van der Waals surface area contributed by atoms with Gasteiger partial charge in [-0.05, 0) is 35.7 Å². The quantitative estimate of drug-likeness (QED) is 0.577. The number of sulfonamides is 1. The largest absolute Gasteiger partial charge is 0.240 e. The minimum atomic E-state index is -3.52. The Labute approximate surface area is 163 Å². The number of rotatable bonds is 7. The van der Waals surface area contributed by atoms with Gasteiger partial charge in [-0.1, -0.05) is 82.7 Å². The molecular formula is C21H20BrNO2S. The zero-order valence-electron chi connectivity index (χ0n) is 14.2. The normalized spacial score (nSPS) is 11.6. The molecule has 0 bridgehead atoms. The van der Waals surface area contributed by atoms with Crippen LogP contribution in [-0.2, 0) is 10.0 Å². The first-order chi connectivity index (χ1) is 12.6. The van der Waals surface area contributed by atoms with E-state index in [1.54, 1.807) is 24.3 Å². The van der Waals surface area contributed by atoms with Crippen LogP contribution in [0, 0.1) is 0 Å². The Morgan fingerprint density at radius 3 is 1.92 bits per heavy atom. The van der Waals surface area contributed by atoms with Crippen LogP contribution in [0.5, 0.6) is 0 Å². The van der Waals surface area contributed by atoms with Crippen molar-refractivity contribution in [2.75, 3.05) is 6.54 Å². The molecule has 0 aromatic heterocycles. The maximum Gasteiger partial charge on any atom is 0.240 e. The Balaban J connectivity index is 1.75. The van der Waals surface area contributed by atoms with Crippen LogP contribution < -0.4 is 4.72 Å². The lowest BCUT2D eigenvalue weighted by molar-refractivity contribution is 0.575. The van der Waals surface area contributed by atoms with Gasteiger partial charge in [0.15, 0.2) is 0 Å². The highest BCUT2D eigenvalue weighted by atomic mass is 79.9. The summed E-state index contributed by atoms with van der Waals surface area (Å²) < 4.78 is 28.5. The molecule has 26 heavy (non-hydrogen) atoms. The molecule has 0 amide bonds. The first-order valence-electron chi connectivity index (χ1n) is 8.41. The van der Waals surface area contributed by atoms with E-state index < -0.39 is 10.0 Å². The van der Waals surface area contributed by atoms with Crippen molar-refractivity contribution in [2.24, 2.45) is 0 Å². The number of nitrogens with one attached hydrogen (secondary N) is 1. The Morgan fingerprint density at radius 2 is 1.38 bits per heavy atom. The van der Waals surface area contributed by atoms with Crippen LogP contribution >= 0.6 is 15.9 Å². The molecule has 0 heterocycles. The summed E-state index contributed by atoms with van der Waals surface area (Å²) in [5.41, 5.74) is 2.36. The predicted molar refractivity (Wildman–Crippen MR) is 109 cm³/mol. The average Bonchev–Trinajstić information content (AvgIpc) is 2.67. The zero-order valence-corrected chi connectivity index (χ0v) is 16.6. The van der Waals surface area contributed by atoms with Gasteiger partial charge in [0.25, 0.3) is 0 Å². The second-order valence-corrected chi connectivity index (χ2v) is 8.70. The predicted octanol–water partition coefficient (Wildman–Crippen LogP) is 4.95. The van der Waals surface area contributed by atoms with E-state index in [1.165, 1.54) is 11.1 Å².